The van der Waals surface area contributed by atoms with Crippen molar-refractivity contribution in [3.05, 3.63) is 66.7 Å². The summed E-state index contributed by atoms with van der Waals surface area (Å²) in [6, 6.07) is 13.9. The summed E-state index contributed by atoms with van der Waals surface area (Å²) in [6.07, 6.45) is 0. The van der Waals surface area contributed by atoms with Crippen molar-refractivity contribution in [3.63, 3.8) is 0 Å². The monoisotopic (exact) mass is 809 g/mol. The number of nitrogens with zero attached hydrogens (tertiary/aromatic N) is 4. The predicted octanol–water partition coefficient (Wildman–Crippen LogP) is 6.08. The second-order valence-corrected chi connectivity index (χ2v) is 15.6. The lowest BCUT2D eigenvalue weighted by atomic mass is 10.1. The molecule has 4 aromatic rings. The first kappa shape index (κ1) is 39.9. The van der Waals surface area contributed by atoms with E-state index in [9.17, 15) is 39.5 Å². The van der Waals surface area contributed by atoms with Gasteiger partial charge < -0.3 is 10.4 Å². The lowest BCUT2D eigenvalue weighted by Gasteiger charge is -2.14. The van der Waals surface area contributed by atoms with Crippen LogP contribution in [0.1, 0.15) is 0 Å². The van der Waals surface area contributed by atoms with Crippen molar-refractivity contribution in [1.29, 1.82) is 0 Å². The van der Waals surface area contributed by atoms with Crippen LogP contribution in [0.3, 0.4) is 0 Å². The molecule has 0 aromatic heterocycles. The number of anilines is 1. The Labute approximate surface area is 296 Å². The van der Waals surface area contributed by atoms with E-state index in [-0.39, 0.29) is 67.9 Å². The molecule has 21 nitrogen and oxygen atoms in total. The molecule has 0 aliphatic carbocycles. The molecule has 0 spiro atoms. The van der Waals surface area contributed by atoms with Crippen molar-refractivity contribution in [2.24, 2.45) is 20.5 Å². The molecule has 0 aliphatic rings. The Kier molecular flexibility index (Phi) is 13.7. The fraction of sp³-hybridized carbons (Fsp3) is 0.120. The van der Waals surface area contributed by atoms with E-state index in [4.69, 9.17) is 14.7 Å². The van der Waals surface area contributed by atoms with Crippen molar-refractivity contribution in [3.8, 4) is 5.75 Å². The van der Waals surface area contributed by atoms with E-state index < -0.39 is 52.3 Å². The maximum atomic E-state index is 12.6. The van der Waals surface area contributed by atoms with Gasteiger partial charge in [0.25, 0.3) is 20.2 Å². The third-order valence-electron chi connectivity index (χ3n) is 6.21. The molecule has 0 aliphatic heterocycles. The van der Waals surface area contributed by atoms with Gasteiger partial charge in [0, 0.05) is 10.8 Å². The SMILES string of the molecule is O=S(=O)(O)CNc1ccc2c(O)c(N=Nc3ccc(S(=O)(=O)CCOSOOO)cc3)c(SOOO)cc2c1N=Nc1ccccc1S(=O)(=O)O. The van der Waals surface area contributed by atoms with Crippen LogP contribution in [0.15, 0.2) is 102 Å². The van der Waals surface area contributed by atoms with Crippen molar-refractivity contribution < 1.29 is 72.9 Å². The number of sulfone groups is 1. The molecule has 0 fully saturated rings. The van der Waals surface area contributed by atoms with Crippen molar-refractivity contribution in [1.82, 2.24) is 0 Å². The van der Waals surface area contributed by atoms with E-state index >= 15 is 0 Å². The highest BCUT2D eigenvalue weighted by molar-refractivity contribution is 7.94. The highest BCUT2D eigenvalue weighted by atomic mass is 32.2. The third kappa shape index (κ3) is 11.1. The number of nitrogens with one attached hydrogen (secondary N) is 1. The van der Waals surface area contributed by atoms with E-state index in [0.29, 0.717) is 12.0 Å². The normalized spacial score (nSPS) is 12.7. The summed E-state index contributed by atoms with van der Waals surface area (Å²) in [6.45, 7) is -0.307. The number of phenols is 1. The van der Waals surface area contributed by atoms with E-state index in [0.717, 1.165) is 6.07 Å². The number of hydrogen-bond donors (Lipinski definition) is 6. The first-order valence-electron chi connectivity index (χ1n) is 13.3. The maximum absolute atomic E-state index is 12.6. The summed E-state index contributed by atoms with van der Waals surface area (Å²) < 4.78 is 104. The van der Waals surface area contributed by atoms with Crippen LogP contribution in [0.4, 0.5) is 28.4 Å². The van der Waals surface area contributed by atoms with E-state index in [1.165, 1.54) is 60.7 Å². The molecule has 0 unspecified atom stereocenters. The molecule has 0 saturated carbocycles. The van der Waals surface area contributed by atoms with Gasteiger partial charge in [0.15, 0.2) is 27.9 Å². The Morgan fingerprint density at radius 2 is 1.45 bits per heavy atom. The molecule has 274 valence electrons. The van der Waals surface area contributed by atoms with E-state index in [1.807, 2.05) is 0 Å². The zero-order valence-electron chi connectivity index (χ0n) is 25.0. The molecular weight excluding hydrogens is 787 g/mol. The Balaban J connectivity index is 1.77. The van der Waals surface area contributed by atoms with Gasteiger partial charge in [-0.1, -0.05) is 22.2 Å². The largest absolute Gasteiger partial charge is 0.505 e. The molecule has 0 bridgehead atoms. The van der Waals surface area contributed by atoms with Crippen molar-refractivity contribution in [2.75, 3.05) is 23.6 Å². The van der Waals surface area contributed by atoms with Gasteiger partial charge in [0.05, 0.1) is 45.6 Å². The molecule has 6 N–H and O–H groups in total. The molecule has 0 heterocycles. The smallest absolute Gasteiger partial charge is 0.296 e. The van der Waals surface area contributed by atoms with Crippen molar-refractivity contribution >= 4 is 93.6 Å². The van der Waals surface area contributed by atoms with Gasteiger partial charge in [-0.25, -0.2) is 18.9 Å². The third-order valence-corrected chi connectivity index (χ3v) is 10.3. The Morgan fingerprint density at radius 3 is 2.12 bits per heavy atom. The predicted molar refractivity (Wildman–Crippen MR) is 178 cm³/mol. The first-order valence-corrected chi connectivity index (χ1v) is 19.4. The number of phenolic OH excluding ortho intramolecular Hbond substituents is 1. The van der Waals surface area contributed by atoms with Gasteiger partial charge in [-0.05, 0) is 54.6 Å². The average molecular weight is 810 g/mol. The molecule has 0 amide bonds. The maximum Gasteiger partial charge on any atom is 0.296 e. The number of fused-ring (bicyclic) bond motifs is 1. The highest BCUT2D eigenvalue weighted by Crippen LogP contribution is 2.48. The Hall–Kier alpha value is -3.87. The number of benzene rings is 4. The number of azo groups is 2. The number of aromatic hydroxyl groups is 1. The lowest BCUT2D eigenvalue weighted by Crippen LogP contribution is -2.13. The van der Waals surface area contributed by atoms with Crippen LogP contribution >= 0.6 is 24.4 Å². The van der Waals surface area contributed by atoms with E-state index in [2.05, 4.69) is 44.5 Å². The zero-order valence-corrected chi connectivity index (χ0v) is 29.1. The standard InChI is InChI=1S/C25H23N5O16S5/c31-25-17-9-10-20(26-14-50(36,37)38)23(29-28-19-3-1-2-4-22(19)51(39,40)41)18(17)13-21(47-45-43-32)24(25)30-27-15-5-7-16(8-6-15)49(34,35)12-11-42-48-46-44-33/h1-10,13,26,31-33H,11-12,14H2,(H,36,37,38)(H,39,40,41). The van der Waals surface area contributed by atoms with Crippen LogP contribution < -0.4 is 5.32 Å². The molecule has 0 radical (unpaired) electrons. The highest BCUT2D eigenvalue weighted by Gasteiger charge is 2.21. The minimum Gasteiger partial charge on any atom is -0.505 e. The second kappa shape index (κ2) is 17.6. The quantitative estimate of drug-likeness (QED) is 0.0165. The fourth-order valence-corrected chi connectivity index (χ4v) is 6.91. The van der Waals surface area contributed by atoms with Crippen LogP contribution in [-0.2, 0) is 53.0 Å². The summed E-state index contributed by atoms with van der Waals surface area (Å²) >= 11 is 0.553. The molecule has 0 atom stereocenters. The van der Waals surface area contributed by atoms with Crippen molar-refractivity contribution in [2.45, 2.75) is 14.7 Å². The second-order valence-electron chi connectivity index (χ2n) is 9.45. The summed E-state index contributed by atoms with van der Waals surface area (Å²) in [5.41, 5.74) is -0.732. The average Bonchev–Trinajstić information content (AvgIpc) is 3.08. The van der Waals surface area contributed by atoms with Gasteiger partial charge in [-0.2, -0.15) is 21.9 Å². The molecule has 0 saturated heterocycles. The lowest BCUT2D eigenvalue weighted by molar-refractivity contribution is -0.434. The molecule has 26 heteroatoms. The Morgan fingerprint density at radius 1 is 0.765 bits per heavy atom. The van der Waals surface area contributed by atoms with Gasteiger partial charge in [0.1, 0.15) is 27.8 Å². The molecule has 4 rings (SSSR count). The number of rotatable bonds is 18. The minimum atomic E-state index is -4.75. The van der Waals surface area contributed by atoms with Crippen LogP contribution in [0, 0.1) is 0 Å². The Bertz CT molecular complexity index is 2260. The summed E-state index contributed by atoms with van der Waals surface area (Å²) in [5, 5.41) is 53.7. The van der Waals surface area contributed by atoms with Crippen LogP contribution in [0.25, 0.3) is 10.8 Å². The molecule has 51 heavy (non-hydrogen) atoms. The topological polar surface area (TPSA) is 311 Å². The van der Waals surface area contributed by atoms with Gasteiger partial charge in [-0.3, -0.25) is 13.3 Å². The zero-order chi connectivity index (χ0) is 37.2. The summed E-state index contributed by atoms with van der Waals surface area (Å²) in [5.74, 6) is -2.01. The van der Waals surface area contributed by atoms with E-state index in [1.54, 1.807) is 0 Å². The first-order chi connectivity index (χ1) is 24.1. The summed E-state index contributed by atoms with van der Waals surface area (Å²) in [4.78, 5) is -0.783. The van der Waals surface area contributed by atoms with Gasteiger partial charge in [-0.15, -0.1) is 24.0 Å². The van der Waals surface area contributed by atoms with Crippen LogP contribution in [-0.4, -0.2) is 68.2 Å². The minimum absolute atomic E-state index is 0.00501. The molecule has 4 aromatic carbocycles. The summed E-state index contributed by atoms with van der Waals surface area (Å²) in [7, 11) is -13.1. The van der Waals surface area contributed by atoms with Crippen LogP contribution in [0.2, 0.25) is 0 Å². The van der Waals surface area contributed by atoms with Gasteiger partial charge >= 0.3 is 0 Å². The van der Waals surface area contributed by atoms with Gasteiger partial charge in [0.2, 0.25) is 0 Å². The van der Waals surface area contributed by atoms with Crippen LogP contribution in [0.5, 0.6) is 5.75 Å². The number of hydrogen-bond acceptors (Lipinski definition) is 21. The molecular formula is C25H23N5O16S5. The fourth-order valence-electron chi connectivity index (χ4n) is 4.05.